The van der Waals surface area contributed by atoms with E-state index in [-0.39, 0.29) is 5.92 Å². The van der Waals surface area contributed by atoms with Crippen molar-refractivity contribution in [3.05, 3.63) is 16.8 Å². The molecule has 0 bridgehead atoms. The third-order valence-corrected chi connectivity index (χ3v) is 4.30. The van der Waals surface area contributed by atoms with Gasteiger partial charge in [-0.3, -0.25) is 0 Å². The number of aromatic nitrogens is 2. The fourth-order valence-electron chi connectivity index (χ4n) is 2.02. The number of anilines is 1. The van der Waals surface area contributed by atoms with Crippen LogP contribution in [0.25, 0.3) is 10.2 Å². The Bertz CT molecular complexity index is 637. The van der Waals surface area contributed by atoms with Crippen molar-refractivity contribution in [1.29, 1.82) is 0 Å². The van der Waals surface area contributed by atoms with Crippen LogP contribution < -0.4 is 5.32 Å². The molecule has 0 spiro atoms. The molecular formula is C14H19N3O2S. The molecule has 0 saturated heterocycles. The highest BCUT2D eigenvalue weighted by atomic mass is 32.1. The van der Waals surface area contributed by atoms with E-state index < -0.39 is 12.0 Å². The Morgan fingerprint density at radius 3 is 2.70 bits per heavy atom. The number of hydrogen-bond donors (Lipinski definition) is 2. The van der Waals surface area contributed by atoms with E-state index in [1.54, 1.807) is 11.3 Å². The molecule has 0 aliphatic carbocycles. The van der Waals surface area contributed by atoms with Gasteiger partial charge in [-0.25, -0.2) is 14.8 Å². The molecule has 2 aromatic rings. The van der Waals surface area contributed by atoms with Gasteiger partial charge in [0.25, 0.3) is 0 Å². The summed E-state index contributed by atoms with van der Waals surface area (Å²) in [6.07, 6.45) is 0.937. The Kier molecular flexibility index (Phi) is 4.23. The maximum absolute atomic E-state index is 11.3. The lowest BCUT2D eigenvalue weighted by Gasteiger charge is -2.19. The monoisotopic (exact) mass is 293 g/mol. The zero-order chi connectivity index (χ0) is 14.9. The number of carboxylic acids is 1. The number of carbonyl (C=O) groups is 1. The topological polar surface area (TPSA) is 75.1 Å². The summed E-state index contributed by atoms with van der Waals surface area (Å²) in [6.45, 7) is 7.66. The number of fused-ring (bicyclic) bond motifs is 1. The van der Waals surface area contributed by atoms with Crippen molar-refractivity contribution in [3.63, 3.8) is 0 Å². The highest BCUT2D eigenvalue weighted by molar-refractivity contribution is 7.18. The molecule has 0 aromatic carbocycles. The molecule has 2 rings (SSSR count). The largest absolute Gasteiger partial charge is 0.480 e. The third kappa shape index (κ3) is 2.90. The van der Waals surface area contributed by atoms with E-state index in [0.717, 1.165) is 16.6 Å². The number of aliphatic carboxylic acids is 1. The van der Waals surface area contributed by atoms with Gasteiger partial charge in [-0.1, -0.05) is 20.8 Å². The van der Waals surface area contributed by atoms with Gasteiger partial charge in [-0.05, 0) is 25.3 Å². The van der Waals surface area contributed by atoms with Gasteiger partial charge in [0.2, 0.25) is 0 Å². The van der Waals surface area contributed by atoms with Crippen LogP contribution in [0.1, 0.15) is 31.5 Å². The lowest BCUT2D eigenvalue weighted by molar-refractivity contribution is -0.138. The Hall–Kier alpha value is -1.69. The quantitative estimate of drug-likeness (QED) is 0.886. The predicted molar refractivity (Wildman–Crippen MR) is 81.4 cm³/mol. The van der Waals surface area contributed by atoms with E-state index in [9.17, 15) is 9.90 Å². The molecule has 0 radical (unpaired) electrons. The number of aryl methyl sites for hydroxylation is 2. The average molecular weight is 293 g/mol. The Labute approximate surface area is 122 Å². The van der Waals surface area contributed by atoms with Crippen LogP contribution in [0, 0.1) is 12.8 Å². The molecule has 0 unspecified atom stereocenters. The third-order valence-electron chi connectivity index (χ3n) is 3.13. The summed E-state index contributed by atoms with van der Waals surface area (Å²) in [4.78, 5) is 22.2. The van der Waals surface area contributed by atoms with E-state index >= 15 is 0 Å². The Morgan fingerprint density at radius 2 is 2.15 bits per heavy atom. The molecule has 2 N–H and O–H groups in total. The standard InChI is InChI=1S/C14H19N3O2S/c1-5-9-6-10-12(15-8(4)16-13(10)20-9)17-11(7(2)3)14(18)19/h6-7,11H,5H2,1-4H3,(H,18,19)(H,15,16,17)/t11-/m0/s1. The minimum absolute atomic E-state index is 0.0258. The van der Waals surface area contributed by atoms with Crippen molar-refractivity contribution in [3.8, 4) is 0 Å². The fraction of sp³-hybridized carbons (Fsp3) is 0.500. The first-order valence-electron chi connectivity index (χ1n) is 6.68. The molecule has 6 heteroatoms. The molecule has 5 nitrogen and oxygen atoms in total. The summed E-state index contributed by atoms with van der Waals surface area (Å²) < 4.78 is 0. The molecule has 0 fully saturated rings. The second-order valence-electron chi connectivity index (χ2n) is 5.11. The van der Waals surface area contributed by atoms with E-state index in [1.165, 1.54) is 4.88 Å². The Morgan fingerprint density at radius 1 is 1.45 bits per heavy atom. The van der Waals surface area contributed by atoms with Crippen molar-refractivity contribution in [2.75, 3.05) is 5.32 Å². The van der Waals surface area contributed by atoms with Crippen molar-refractivity contribution < 1.29 is 9.90 Å². The molecule has 20 heavy (non-hydrogen) atoms. The van der Waals surface area contributed by atoms with Gasteiger partial charge >= 0.3 is 5.97 Å². The van der Waals surface area contributed by atoms with Crippen molar-refractivity contribution in [2.45, 2.75) is 40.2 Å². The van der Waals surface area contributed by atoms with Crippen LogP contribution in [0.5, 0.6) is 0 Å². The van der Waals surface area contributed by atoms with Gasteiger partial charge in [-0.2, -0.15) is 0 Å². The number of nitrogens with zero attached hydrogens (tertiary/aromatic N) is 2. The van der Waals surface area contributed by atoms with E-state index in [4.69, 9.17) is 0 Å². The summed E-state index contributed by atoms with van der Waals surface area (Å²) >= 11 is 1.63. The highest BCUT2D eigenvalue weighted by Gasteiger charge is 2.23. The van der Waals surface area contributed by atoms with Crippen LogP contribution in [-0.2, 0) is 11.2 Å². The van der Waals surface area contributed by atoms with Gasteiger partial charge in [0.05, 0.1) is 5.39 Å². The molecule has 2 aromatic heterocycles. The molecule has 1 atom stereocenters. The van der Waals surface area contributed by atoms with E-state index in [2.05, 4.69) is 22.2 Å². The number of hydrogen-bond acceptors (Lipinski definition) is 5. The Balaban J connectivity index is 2.47. The molecule has 0 aliphatic rings. The SMILES string of the molecule is CCc1cc2c(N[C@H](C(=O)O)C(C)C)nc(C)nc2s1. The van der Waals surface area contributed by atoms with Gasteiger partial charge in [0.1, 0.15) is 22.5 Å². The predicted octanol–water partition coefficient (Wildman–Crippen LogP) is 3.08. The van der Waals surface area contributed by atoms with Gasteiger partial charge < -0.3 is 10.4 Å². The first-order chi connectivity index (χ1) is 9.42. The van der Waals surface area contributed by atoms with E-state index in [0.29, 0.717) is 11.6 Å². The van der Waals surface area contributed by atoms with Crippen LogP contribution in [0.15, 0.2) is 6.07 Å². The normalized spacial score (nSPS) is 12.8. The summed E-state index contributed by atoms with van der Waals surface area (Å²) in [6, 6.07) is 1.39. The molecule has 0 amide bonds. The average Bonchev–Trinajstić information content (AvgIpc) is 2.77. The maximum atomic E-state index is 11.3. The second kappa shape index (κ2) is 5.75. The first-order valence-corrected chi connectivity index (χ1v) is 7.50. The lowest BCUT2D eigenvalue weighted by Crippen LogP contribution is -2.34. The van der Waals surface area contributed by atoms with Gasteiger partial charge in [0, 0.05) is 4.88 Å². The number of carboxylic acid groups (broad SMARTS) is 1. The number of thiophene rings is 1. The zero-order valence-corrected chi connectivity index (χ0v) is 12.9. The summed E-state index contributed by atoms with van der Waals surface area (Å²) in [5, 5.41) is 13.3. The highest BCUT2D eigenvalue weighted by Crippen LogP contribution is 2.30. The first kappa shape index (κ1) is 14.7. The van der Waals surface area contributed by atoms with Gasteiger partial charge in [-0.15, -0.1) is 11.3 Å². The van der Waals surface area contributed by atoms with Crippen LogP contribution in [0.2, 0.25) is 0 Å². The molecule has 0 aliphatic heterocycles. The fourth-order valence-corrected chi connectivity index (χ4v) is 3.04. The smallest absolute Gasteiger partial charge is 0.326 e. The van der Waals surface area contributed by atoms with Gasteiger partial charge in [0.15, 0.2) is 0 Å². The van der Waals surface area contributed by atoms with Crippen LogP contribution in [-0.4, -0.2) is 27.1 Å². The number of nitrogens with one attached hydrogen (secondary N) is 1. The maximum Gasteiger partial charge on any atom is 0.326 e. The lowest BCUT2D eigenvalue weighted by atomic mass is 10.0. The second-order valence-corrected chi connectivity index (χ2v) is 6.22. The van der Waals surface area contributed by atoms with Crippen molar-refractivity contribution in [2.24, 2.45) is 5.92 Å². The summed E-state index contributed by atoms with van der Waals surface area (Å²) in [7, 11) is 0. The molecule has 0 saturated carbocycles. The van der Waals surface area contributed by atoms with Crippen LogP contribution >= 0.6 is 11.3 Å². The molecule has 2 heterocycles. The van der Waals surface area contributed by atoms with Crippen molar-refractivity contribution in [1.82, 2.24) is 9.97 Å². The molecular weight excluding hydrogens is 274 g/mol. The minimum Gasteiger partial charge on any atom is -0.480 e. The van der Waals surface area contributed by atoms with Crippen LogP contribution in [0.4, 0.5) is 5.82 Å². The summed E-state index contributed by atoms with van der Waals surface area (Å²) in [5.41, 5.74) is 0. The molecule has 108 valence electrons. The zero-order valence-electron chi connectivity index (χ0n) is 12.1. The van der Waals surface area contributed by atoms with Crippen LogP contribution in [0.3, 0.4) is 0 Å². The number of rotatable bonds is 5. The summed E-state index contributed by atoms with van der Waals surface area (Å²) in [5.74, 6) is 0.374. The van der Waals surface area contributed by atoms with Crippen molar-refractivity contribution >= 4 is 33.3 Å². The van der Waals surface area contributed by atoms with E-state index in [1.807, 2.05) is 26.8 Å². The minimum atomic E-state index is -0.865.